The van der Waals surface area contributed by atoms with Crippen LogP contribution < -0.4 is 5.73 Å². The number of hydrogen-bond donors (Lipinski definition) is 1. The van der Waals surface area contributed by atoms with Crippen LogP contribution in [0.15, 0.2) is 24.3 Å². The van der Waals surface area contributed by atoms with E-state index in [1.807, 2.05) is 0 Å². The van der Waals surface area contributed by atoms with E-state index in [1.54, 1.807) is 0 Å². The summed E-state index contributed by atoms with van der Waals surface area (Å²) in [6.07, 6.45) is 3.47. The fraction of sp³-hybridized carbons (Fsp3) is 0.684. The van der Waals surface area contributed by atoms with E-state index in [0.717, 1.165) is 12.8 Å². The molecule has 2 atom stereocenters. The minimum absolute atomic E-state index is 0.155. The van der Waals surface area contributed by atoms with Gasteiger partial charge < -0.3 is 5.73 Å². The molecule has 2 rings (SSSR count). The topological polar surface area (TPSA) is 26.0 Å². The maximum absolute atomic E-state index is 6.81. The van der Waals surface area contributed by atoms with Gasteiger partial charge in [0.25, 0.3) is 0 Å². The summed E-state index contributed by atoms with van der Waals surface area (Å²) in [6, 6.07) is 9.04. The summed E-state index contributed by atoms with van der Waals surface area (Å²) in [7, 11) is 0. The average molecular weight is 273 g/mol. The first-order chi connectivity index (χ1) is 9.02. The molecular weight excluding hydrogens is 242 g/mol. The van der Waals surface area contributed by atoms with E-state index in [4.69, 9.17) is 5.73 Å². The van der Waals surface area contributed by atoms with Crippen LogP contribution in [0, 0.1) is 11.3 Å². The summed E-state index contributed by atoms with van der Waals surface area (Å²) in [6.45, 7) is 13.8. The van der Waals surface area contributed by atoms with Crippen LogP contribution in [0.2, 0.25) is 0 Å². The number of hydrogen-bond acceptors (Lipinski definition) is 1. The molecule has 1 aromatic carbocycles. The number of rotatable bonds is 1. The first kappa shape index (κ1) is 15.6. The molecule has 0 heterocycles. The Morgan fingerprint density at radius 3 is 2.05 bits per heavy atom. The van der Waals surface area contributed by atoms with Gasteiger partial charge in [-0.25, -0.2) is 0 Å². The fourth-order valence-corrected chi connectivity index (χ4v) is 4.16. The van der Waals surface area contributed by atoms with Crippen LogP contribution in [0.25, 0.3) is 0 Å². The molecule has 1 fully saturated rings. The van der Waals surface area contributed by atoms with E-state index in [9.17, 15) is 0 Å². The normalized spacial score (nSPS) is 30.2. The molecule has 0 aromatic heterocycles. The van der Waals surface area contributed by atoms with Gasteiger partial charge in [-0.15, -0.1) is 0 Å². The van der Waals surface area contributed by atoms with Crippen LogP contribution in [0.1, 0.15) is 71.9 Å². The first-order valence-corrected chi connectivity index (χ1v) is 7.92. The maximum atomic E-state index is 6.81. The highest BCUT2D eigenvalue weighted by molar-refractivity contribution is 5.32. The van der Waals surface area contributed by atoms with Gasteiger partial charge in [0.15, 0.2) is 0 Å². The van der Waals surface area contributed by atoms with Crippen molar-refractivity contribution in [3.8, 4) is 0 Å². The number of benzene rings is 1. The molecule has 20 heavy (non-hydrogen) atoms. The van der Waals surface area contributed by atoms with Gasteiger partial charge in [0, 0.05) is 5.54 Å². The molecule has 1 aliphatic rings. The highest BCUT2D eigenvalue weighted by Crippen LogP contribution is 2.47. The largest absolute Gasteiger partial charge is 0.321 e. The predicted molar refractivity (Wildman–Crippen MR) is 87.8 cm³/mol. The third kappa shape index (κ3) is 3.25. The predicted octanol–water partition coefficient (Wildman–Crippen LogP) is 4.98. The fourth-order valence-electron chi connectivity index (χ4n) is 4.16. The molecule has 1 saturated carbocycles. The molecule has 0 radical (unpaired) electrons. The Morgan fingerprint density at radius 2 is 1.60 bits per heavy atom. The molecule has 0 bridgehead atoms. The standard InChI is InChI=1S/C19H31N/c1-14-11-18(5,6)13-19(20,12-14)16-9-7-15(8-10-16)17(2,3)4/h7-10,14H,11-13,20H2,1-6H3. The van der Waals surface area contributed by atoms with E-state index < -0.39 is 0 Å². The summed E-state index contributed by atoms with van der Waals surface area (Å²) < 4.78 is 0. The molecule has 0 saturated heterocycles. The molecule has 112 valence electrons. The number of nitrogens with two attached hydrogens (primary N) is 1. The van der Waals surface area contributed by atoms with Crippen LogP contribution in [-0.2, 0) is 11.0 Å². The Labute approximate surface area is 125 Å². The van der Waals surface area contributed by atoms with E-state index in [0.29, 0.717) is 11.3 Å². The van der Waals surface area contributed by atoms with Crippen molar-refractivity contribution in [1.82, 2.24) is 0 Å². The molecule has 2 unspecified atom stereocenters. The molecular formula is C19H31N. The Morgan fingerprint density at radius 1 is 1.05 bits per heavy atom. The quantitative estimate of drug-likeness (QED) is 0.767. The van der Waals surface area contributed by atoms with Crippen LogP contribution in [0.5, 0.6) is 0 Å². The van der Waals surface area contributed by atoms with E-state index in [-0.39, 0.29) is 11.0 Å². The van der Waals surface area contributed by atoms with Crippen LogP contribution in [0.4, 0.5) is 0 Å². The van der Waals surface area contributed by atoms with Crippen molar-refractivity contribution in [2.45, 2.75) is 71.8 Å². The second-order valence-corrected chi connectivity index (χ2v) is 8.84. The van der Waals surface area contributed by atoms with Crippen molar-refractivity contribution in [3.05, 3.63) is 35.4 Å². The van der Waals surface area contributed by atoms with Gasteiger partial charge in [-0.1, -0.05) is 65.8 Å². The molecule has 2 N–H and O–H groups in total. The SMILES string of the molecule is CC1CC(C)(C)CC(N)(c2ccc(C(C)(C)C)cc2)C1. The van der Waals surface area contributed by atoms with Gasteiger partial charge in [0.2, 0.25) is 0 Å². The molecule has 0 amide bonds. The van der Waals surface area contributed by atoms with Gasteiger partial charge >= 0.3 is 0 Å². The van der Waals surface area contributed by atoms with E-state index in [2.05, 4.69) is 65.8 Å². The zero-order valence-corrected chi connectivity index (χ0v) is 14.1. The van der Waals surface area contributed by atoms with Crippen LogP contribution in [-0.4, -0.2) is 0 Å². The lowest BCUT2D eigenvalue weighted by Crippen LogP contribution is -2.46. The van der Waals surface area contributed by atoms with Gasteiger partial charge in [-0.2, -0.15) is 0 Å². The molecule has 0 spiro atoms. The Hall–Kier alpha value is -0.820. The highest BCUT2D eigenvalue weighted by Gasteiger charge is 2.41. The lowest BCUT2D eigenvalue weighted by atomic mass is 9.62. The minimum atomic E-state index is -0.155. The van der Waals surface area contributed by atoms with Crippen molar-refractivity contribution in [3.63, 3.8) is 0 Å². The second-order valence-electron chi connectivity index (χ2n) is 8.84. The van der Waals surface area contributed by atoms with Crippen molar-refractivity contribution >= 4 is 0 Å². The molecule has 1 aromatic rings. The lowest BCUT2D eigenvalue weighted by molar-refractivity contribution is 0.107. The third-order valence-corrected chi connectivity index (χ3v) is 4.73. The minimum Gasteiger partial charge on any atom is -0.321 e. The van der Waals surface area contributed by atoms with Crippen molar-refractivity contribution < 1.29 is 0 Å². The second kappa shape index (κ2) is 4.87. The lowest BCUT2D eigenvalue weighted by Gasteiger charge is -2.46. The molecule has 1 heteroatoms. The molecule has 1 aliphatic carbocycles. The zero-order valence-electron chi connectivity index (χ0n) is 14.1. The molecule has 1 nitrogen and oxygen atoms in total. The van der Waals surface area contributed by atoms with E-state index >= 15 is 0 Å². The summed E-state index contributed by atoms with van der Waals surface area (Å²) in [5.41, 5.74) is 9.89. The van der Waals surface area contributed by atoms with Gasteiger partial charge in [0.1, 0.15) is 0 Å². The Balaban J connectivity index is 2.30. The van der Waals surface area contributed by atoms with E-state index in [1.165, 1.54) is 17.5 Å². The maximum Gasteiger partial charge on any atom is 0.0417 e. The Bertz CT molecular complexity index is 464. The average Bonchev–Trinajstić information content (AvgIpc) is 2.24. The van der Waals surface area contributed by atoms with Gasteiger partial charge in [-0.3, -0.25) is 0 Å². The van der Waals surface area contributed by atoms with Crippen molar-refractivity contribution in [2.24, 2.45) is 17.1 Å². The van der Waals surface area contributed by atoms with Gasteiger partial charge in [0.05, 0.1) is 0 Å². The summed E-state index contributed by atoms with van der Waals surface area (Å²) >= 11 is 0. The summed E-state index contributed by atoms with van der Waals surface area (Å²) in [5, 5.41) is 0. The van der Waals surface area contributed by atoms with Gasteiger partial charge in [-0.05, 0) is 47.1 Å². The molecule has 0 aliphatic heterocycles. The van der Waals surface area contributed by atoms with Crippen molar-refractivity contribution in [1.29, 1.82) is 0 Å². The summed E-state index contributed by atoms with van der Waals surface area (Å²) in [4.78, 5) is 0. The smallest absolute Gasteiger partial charge is 0.0417 e. The summed E-state index contributed by atoms with van der Waals surface area (Å²) in [5.74, 6) is 0.700. The van der Waals surface area contributed by atoms with Crippen molar-refractivity contribution in [2.75, 3.05) is 0 Å². The first-order valence-electron chi connectivity index (χ1n) is 7.92. The monoisotopic (exact) mass is 273 g/mol. The van der Waals surface area contributed by atoms with Crippen LogP contribution in [0.3, 0.4) is 0 Å². The third-order valence-electron chi connectivity index (χ3n) is 4.73. The zero-order chi connectivity index (χ0) is 15.2. The Kier molecular flexibility index (Phi) is 3.79. The van der Waals surface area contributed by atoms with Crippen LogP contribution >= 0.6 is 0 Å². The highest BCUT2D eigenvalue weighted by atomic mass is 14.8.